The SMILES string of the molecule is NC(=NCCC(F)(F)F)Nc1ccc2c(c1)OCCCO2. The largest absolute Gasteiger partial charge is 0.490 e. The van der Waals surface area contributed by atoms with E-state index in [1.807, 2.05) is 0 Å². The van der Waals surface area contributed by atoms with E-state index < -0.39 is 19.1 Å². The number of guanidine groups is 1. The van der Waals surface area contributed by atoms with Crippen LogP contribution in [0.5, 0.6) is 11.5 Å². The number of aliphatic imine (C=N–C) groups is 1. The second-order valence-electron chi connectivity index (χ2n) is 4.47. The minimum absolute atomic E-state index is 0.0752. The monoisotopic (exact) mass is 303 g/mol. The maximum atomic E-state index is 12.0. The molecule has 0 atom stereocenters. The van der Waals surface area contributed by atoms with E-state index in [4.69, 9.17) is 15.2 Å². The van der Waals surface area contributed by atoms with Crippen LogP contribution in [0.15, 0.2) is 23.2 Å². The number of fused-ring (bicyclic) bond motifs is 1. The van der Waals surface area contributed by atoms with Crippen molar-refractivity contribution < 1.29 is 22.6 Å². The van der Waals surface area contributed by atoms with Crippen molar-refractivity contribution in [2.24, 2.45) is 10.7 Å². The van der Waals surface area contributed by atoms with Crippen LogP contribution >= 0.6 is 0 Å². The maximum Gasteiger partial charge on any atom is 0.390 e. The molecule has 8 heteroatoms. The molecule has 5 nitrogen and oxygen atoms in total. The molecular weight excluding hydrogens is 287 g/mol. The number of rotatable bonds is 3. The topological polar surface area (TPSA) is 68.9 Å². The molecule has 0 amide bonds. The molecule has 0 fully saturated rings. The Morgan fingerprint density at radius 1 is 1.24 bits per heavy atom. The molecule has 1 heterocycles. The Morgan fingerprint density at radius 2 is 1.95 bits per heavy atom. The Labute approximate surface area is 119 Å². The standard InChI is InChI=1S/C13H16F3N3O2/c14-13(15,16)4-5-18-12(17)19-9-2-3-10-11(8-9)21-7-1-6-20-10/h2-3,8H,1,4-7H2,(H3,17,18,19). The number of nitrogens with two attached hydrogens (primary N) is 1. The summed E-state index contributed by atoms with van der Waals surface area (Å²) in [5, 5.41) is 2.72. The number of anilines is 1. The summed E-state index contributed by atoms with van der Waals surface area (Å²) < 4.78 is 47.0. The zero-order valence-electron chi connectivity index (χ0n) is 11.2. The molecule has 1 aliphatic heterocycles. The molecule has 1 aromatic rings. The zero-order chi connectivity index (χ0) is 15.3. The highest BCUT2D eigenvalue weighted by Crippen LogP contribution is 2.32. The zero-order valence-corrected chi connectivity index (χ0v) is 11.2. The molecule has 0 aliphatic carbocycles. The fraction of sp³-hybridized carbons (Fsp3) is 0.462. The Bertz CT molecular complexity index is 518. The molecule has 0 radical (unpaired) electrons. The number of nitrogens with zero attached hydrogens (tertiary/aromatic N) is 1. The molecule has 3 N–H and O–H groups in total. The molecule has 116 valence electrons. The number of ether oxygens (including phenoxy) is 2. The van der Waals surface area contributed by atoms with Gasteiger partial charge in [0, 0.05) is 18.2 Å². The average molecular weight is 303 g/mol. The van der Waals surface area contributed by atoms with Gasteiger partial charge in [0.25, 0.3) is 0 Å². The summed E-state index contributed by atoms with van der Waals surface area (Å²) in [5.41, 5.74) is 6.12. The van der Waals surface area contributed by atoms with Crippen LogP contribution in [0.4, 0.5) is 18.9 Å². The minimum Gasteiger partial charge on any atom is -0.490 e. The first-order valence-corrected chi connectivity index (χ1v) is 6.47. The molecule has 1 aromatic carbocycles. The summed E-state index contributed by atoms with van der Waals surface area (Å²) in [6, 6.07) is 5.08. The van der Waals surface area contributed by atoms with Gasteiger partial charge in [-0.05, 0) is 12.1 Å². The van der Waals surface area contributed by atoms with Gasteiger partial charge in [-0.3, -0.25) is 4.99 Å². The quantitative estimate of drug-likeness (QED) is 0.665. The van der Waals surface area contributed by atoms with Gasteiger partial charge in [-0.1, -0.05) is 0 Å². The summed E-state index contributed by atoms with van der Waals surface area (Å²) >= 11 is 0. The first-order valence-electron chi connectivity index (χ1n) is 6.47. The van der Waals surface area contributed by atoms with Gasteiger partial charge in [-0.15, -0.1) is 0 Å². The lowest BCUT2D eigenvalue weighted by molar-refractivity contribution is -0.132. The molecule has 0 unspecified atom stereocenters. The van der Waals surface area contributed by atoms with E-state index in [0.717, 1.165) is 6.42 Å². The summed E-state index contributed by atoms with van der Waals surface area (Å²) in [6.45, 7) is 0.722. The van der Waals surface area contributed by atoms with Crippen LogP contribution in [0.3, 0.4) is 0 Å². The van der Waals surface area contributed by atoms with Crippen molar-refractivity contribution >= 4 is 11.6 Å². The van der Waals surface area contributed by atoms with Crippen LogP contribution < -0.4 is 20.5 Å². The fourth-order valence-corrected chi connectivity index (χ4v) is 1.73. The van der Waals surface area contributed by atoms with E-state index in [2.05, 4.69) is 10.3 Å². The highest BCUT2D eigenvalue weighted by atomic mass is 19.4. The first-order chi connectivity index (χ1) is 9.94. The van der Waals surface area contributed by atoms with E-state index in [1.54, 1.807) is 18.2 Å². The number of hydrogen-bond donors (Lipinski definition) is 2. The van der Waals surface area contributed by atoms with Crippen molar-refractivity contribution in [1.29, 1.82) is 0 Å². The second kappa shape index (κ2) is 6.55. The van der Waals surface area contributed by atoms with Gasteiger partial charge in [0.15, 0.2) is 17.5 Å². The fourth-order valence-electron chi connectivity index (χ4n) is 1.73. The van der Waals surface area contributed by atoms with Crippen LogP contribution in [-0.2, 0) is 0 Å². The summed E-state index contributed by atoms with van der Waals surface area (Å²) in [4.78, 5) is 3.63. The van der Waals surface area contributed by atoms with Crippen LogP contribution in [0.2, 0.25) is 0 Å². The van der Waals surface area contributed by atoms with Gasteiger partial charge in [0.2, 0.25) is 0 Å². The smallest absolute Gasteiger partial charge is 0.390 e. The molecule has 0 aromatic heterocycles. The van der Waals surface area contributed by atoms with Crippen molar-refractivity contribution in [1.82, 2.24) is 0 Å². The third kappa shape index (κ3) is 5.05. The maximum absolute atomic E-state index is 12.0. The predicted molar refractivity (Wildman–Crippen MR) is 72.8 cm³/mol. The van der Waals surface area contributed by atoms with Crippen molar-refractivity contribution in [2.45, 2.75) is 19.0 Å². The number of alkyl halides is 3. The number of hydrogen-bond acceptors (Lipinski definition) is 3. The van der Waals surface area contributed by atoms with Gasteiger partial charge >= 0.3 is 6.18 Å². The highest BCUT2D eigenvalue weighted by molar-refractivity contribution is 5.92. The van der Waals surface area contributed by atoms with Crippen molar-refractivity contribution in [3.63, 3.8) is 0 Å². The van der Waals surface area contributed by atoms with Gasteiger partial charge in [0.05, 0.1) is 26.2 Å². The van der Waals surface area contributed by atoms with Gasteiger partial charge in [-0.25, -0.2) is 0 Å². The van der Waals surface area contributed by atoms with Crippen LogP contribution in [0.25, 0.3) is 0 Å². The third-order valence-corrected chi connectivity index (χ3v) is 2.70. The van der Waals surface area contributed by atoms with Gasteiger partial charge in [0.1, 0.15) is 0 Å². The Balaban J connectivity index is 1.96. The second-order valence-corrected chi connectivity index (χ2v) is 4.47. The Kier molecular flexibility index (Phi) is 4.77. The Morgan fingerprint density at radius 3 is 2.67 bits per heavy atom. The molecule has 0 bridgehead atoms. The predicted octanol–water partition coefficient (Wildman–Crippen LogP) is 2.53. The number of benzene rings is 1. The van der Waals surface area contributed by atoms with Crippen LogP contribution in [0, 0.1) is 0 Å². The molecule has 2 rings (SSSR count). The number of halogens is 3. The van der Waals surface area contributed by atoms with Crippen LogP contribution in [-0.4, -0.2) is 31.9 Å². The van der Waals surface area contributed by atoms with E-state index >= 15 is 0 Å². The first kappa shape index (κ1) is 15.3. The molecule has 21 heavy (non-hydrogen) atoms. The lowest BCUT2D eigenvalue weighted by Gasteiger charge is -2.11. The molecule has 0 saturated heterocycles. The van der Waals surface area contributed by atoms with Crippen molar-refractivity contribution in [2.75, 3.05) is 25.1 Å². The van der Waals surface area contributed by atoms with Crippen LogP contribution in [0.1, 0.15) is 12.8 Å². The van der Waals surface area contributed by atoms with E-state index in [1.165, 1.54) is 0 Å². The molecule has 0 spiro atoms. The normalized spacial score (nSPS) is 15.5. The lowest BCUT2D eigenvalue weighted by atomic mass is 10.3. The summed E-state index contributed by atoms with van der Waals surface area (Å²) in [7, 11) is 0. The van der Waals surface area contributed by atoms with Crippen molar-refractivity contribution in [3.05, 3.63) is 18.2 Å². The van der Waals surface area contributed by atoms with E-state index in [-0.39, 0.29) is 5.96 Å². The third-order valence-electron chi connectivity index (χ3n) is 2.70. The van der Waals surface area contributed by atoms with Crippen molar-refractivity contribution in [3.8, 4) is 11.5 Å². The molecular formula is C13H16F3N3O2. The van der Waals surface area contributed by atoms with Gasteiger partial charge in [-0.2, -0.15) is 13.2 Å². The molecule has 1 aliphatic rings. The number of nitrogens with one attached hydrogen (secondary N) is 1. The highest BCUT2D eigenvalue weighted by Gasteiger charge is 2.26. The summed E-state index contributed by atoms with van der Waals surface area (Å²) in [5.74, 6) is 1.12. The average Bonchev–Trinajstić information content (AvgIpc) is 2.61. The Hall–Kier alpha value is -2.12. The van der Waals surface area contributed by atoms with E-state index in [0.29, 0.717) is 30.4 Å². The lowest BCUT2D eigenvalue weighted by Crippen LogP contribution is -2.23. The summed E-state index contributed by atoms with van der Waals surface area (Å²) in [6.07, 6.45) is -4.45. The molecule has 0 saturated carbocycles. The van der Waals surface area contributed by atoms with Gasteiger partial charge < -0.3 is 20.5 Å². The minimum atomic E-state index is -4.24. The van der Waals surface area contributed by atoms with E-state index in [9.17, 15) is 13.2 Å².